The van der Waals surface area contributed by atoms with Crippen molar-refractivity contribution in [3.8, 4) is 0 Å². The van der Waals surface area contributed by atoms with Gasteiger partial charge in [0, 0.05) is 12.1 Å². The standard InChI is InChI=1S/C15H14N2O2/c18-14-8-7-13(17-14)15(19)16-12-6-5-10-3-1-2-4-11(10)9-12/h1-6,9,13H,7-8H2,(H,16,19)(H,17,18)/t13-/m1/s1. The number of anilines is 1. The molecule has 2 aromatic rings. The molecule has 19 heavy (non-hydrogen) atoms. The molecule has 0 bridgehead atoms. The van der Waals surface area contributed by atoms with Gasteiger partial charge in [-0.2, -0.15) is 0 Å². The molecule has 4 heteroatoms. The van der Waals surface area contributed by atoms with Gasteiger partial charge in [-0.25, -0.2) is 0 Å². The van der Waals surface area contributed by atoms with Gasteiger partial charge in [0.05, 0.1) is 0 Å². The van der Waals surface area contributed by atoms with Gasteiger partial charge in [0.1, 0.15) is 6.04 Å². The predicted octanol–water partition coefficient (Wildman–Crippen LogP) is 2.06. The van der Waals surface area contributed by atoms with Gasteiger partial charge in [-0.1, -0.05) is 30.3 Å². The lowest BCUT2D eigenvalue weighted by atomic mass is 10.1. The lowest BCUT2D eigenvalue weighted by Crippen LogP contribution is -2.37. The van der Waals surface area contributed by atoms with Crippen LogP contribution in [0.2, 0.25) is 0 Å². The van der Waals surface area contributed by atoms with E-state index in [1.807, 2.05) is 42.5 Å². The fraction of sp³-hybridized carbons (Fsp3) is 0.200. The summed E-state index contributed by atoms with van der Waals surface area (Å²) in [4.78, 5) is 23.1. The first-order valence-electron chi connectivity index (χ1n) is 6.31. The third-order valence-corrected chi connectivity index (χ3v) is 3.33. The van der Waals surface area contributed by atoms with Crippen LogP contribution in [0.4, 0.5) is 5.69 Å². The summed E-state index contributed by atoms with van der Waals surface area (Å²) in [6.07, 6.45) is 0.994. The van der Waals surface area contributed by atoms with Crippen LogP contribution in [0, 0.1) is 0 Å². The lowest BCUT2D eigenvalue weighted by Gasteiger charge is -2.11. The normalized spacial score (nSPS) is 18.3. The van der Waals surface area contributed by atoms with Crippen LogP contribution in [-0.4, -0.2) is 17.9 Å². The maximum Gasteiger partial charge on any atom is 0.246 e. The highest BCUT2D eigenvalue weighted by molar-refractivity contribution is 6.00. The van der Waals surface area contributed by atoms with E-state index < -0.39 is 6.04 Å². The summed E-state index contributed by atoms with van der Waals surface area (Å²) in [6, 6.07) is 13.3. The smallest absolute Gasteiger partial charge is 0.246 e. The number of hydrogen-bond donors (Lipinski definition) is 2. The largest absolute Gasteiger partial charge is 0.344 e. The van der Waals surface area contributed by atoms with Crippen LogP contribution < -0.4 is 10.6 Å². The maximum atomic E-state index is 12.0. The molecule has 2 N–H and O–H groups in total. The third-order valence-electron chi connectivity index (χ3n) is 3.33. The third kappa shape index (κ3) is 2.42. The minimum absolute atomic E-state index is 0.0568. The summed E-state index contributed by atoms with van der Waals surface area (Å²) < 4.78 is 0. The molecule has 1 saturated heterocycles. The van der Waals surface area contributed by atoms with Crippen molar-refractivity contribution in [2.45, 2.75) is 18.9 Å². The number of nitrogens with one attached hydrogen (secondary N) is 2. The van der Waals surface area contributed by atoms with Crippen molar-refractivity contribution < 1.29 is 9.59 Å². The van der Waals surface area contributed by atoms with Gasteiger partial charge in [-0.15, -0.1) is 0 Å². The van der Waals surface area contributed by atoms with E-state index >= 15 is 0 Å². The van der Waals surface area contributed by atoms with E-state index in [0.717, 1.165) is 16.5 Å². The van der Waals surface area contributed by atoms with Crippen LogP contribution in [0.15, 0.2) is 42.5 Å². The number of rotatable bonds is 2. The Labute approximate surface area is 110 Å². The summed E-state index contributed by atoms with van der Waals surface area (Å²) in [7, 11) is 0. The number of hydrogen-bond acceptors (Lipinski definition) is 2. The Hall–Kier alpha value is -2.36. The van der Waals surface area contributed by atoms with Gasteiger partial charge < -0.3 is 10.6 Å². The van der Waals surface area contributed by atoms with Crippen LogP contribution >= 0.6 is 0 Å². The predicted molar refractivity (Wildman–Crippen MR) is 73.7 cm³/mol. The van der Waals surface area contributed by atoms with Crippen LogP contribution in [0.25, 0.3) is 10.8 Å². The zero-order chi connectivity index (χ0) is 13.2. The van der Waals surface area contributed by atoms with Crippen molar-refractivity contribution in [1.82, 2.24) is 5.32 Å². The Morgan fingerprint density at radius 2 is 1.95 bits per heavy atom. The fourth-order valence-corrected chi connectivity index (χ4v) is 2.31. The van der Waals surface area contributed by atoms with Crippen LogP contribution in [0.1, 0.15) is 12.8 Å². The summed E-state index contributed by atoms with van der Waals surface area (Å²) >= 11 is 0. The molecule has 0 unspecified atom stereocenters. The first-order valence-corrected chi connectivity index (χ1v) is 6.31. The molecule has 0 saturated carbocycles. The quantitative estimate of drug-likeness (QED) is 0.861. The van der Waals surface area contributed by atoms with E-state index in [0.29, 0.717) is 12.8 Å². The molecule has 1 fully saturated rings. The van der Waals surface area contributed by atoms with E-state index in [-0.39, 0.29) is 11.8 Å². The first kappa shape index (κ1) is 11.7. The second-order valence-electron chi connectivity index (χ2n) is 4.71. The molecule has 1 aliphatic heterocycles. The summed E-state index contributed by atoms with van der Waals surface area (Å²) in [6.45, 7) is 0. The molecule has 2 aromatic carbocycles. The van der Waals surface area contributed by atoms with Gasteiger partial charge in [-0.3, -0.25) is 9.59 Å². The van der Waals surface area contributed by atoms with E-state index in [2.05, 4.69) is 10.6 Å². The number of carbonyl (C=O) groups excluding carboxylic acids is 2. The average molecular weight is 254 g/mol. The molecular formula is C15H14N2O2. The Balaban J connectivity index is 1.77. The van der Waals surface area contributed by atoms with Gasteiger partial charge in [0.15, 0.2) is 0 Å². The average Bonchev–Trinajstić information content (AvgIpc) is 2.85. The van der Waals surface area contributed by atoms with E-state index in [9.17, 15) is 9.59 Å². The van der Waals surface area contributed by atoms with Gasteiger partial charge in [-0.05, 0) is 29.3 Å². The number of amides is 2. The van der Waals surface area contributed by atoms with Crippen molar-refractivity contribution >= 4 is 28.3 Å². The molecule has 4 nitrogen and oxygen atoms in total. The zero-order valence-corrected chi connectivity index (χ0v) is 10.3. The molecule has 0 aliphatic carbocycles. The molecular weight excluding hydrogens is 240 g/mol. The topological polar surface area (TPSA) is 58.2 Å². The Morgan fingerprint density at radius 1 is 1.16 bits per heavy atom. The number of carbonyl (C=O) groups is 2. The Kier molecular flexibility index (Phi) is 2.91. The molecule has 1 heterocycles. The molecule has 3 rings (SSSR count). The molecule has 1 aliphatic rings. The van der Waals surface area contributed by atoms with Crippen LogP contribution in [0.3, 0.4) is 0 Å². The molecule has 2 amide bonds. The van der Waals surface area contributed by atoms with Crippen molar-refractivity contribution in [3.63, 3.8) is 0 Å². The molecule has 0 aromatic heterocycles. The summed E-state index contributed by atoms with van der Waals surface area (Å²) in [5.41, 5.74) is 0.754. The van der Waals surface area contributed by atoms with Crippen molar-refractivity contribution in [2.24, 2.45) is 0 Å². The fourth-order valence-electron chi connectivity index (χ4n) is 2.31. The number of benzene rings is 2. The highest BCUT2D eigenvalue weighted by Crippen LogP contribution is 2.19. The van der Waals surface area contributed by atoms with Gasteiger partial charge in [0.25, 0.3) is 0 Å². The molecule has 1 atom stereocenters. The van der Waals surface area contributed by atoms with Crippen molar-refractivity contribution in [3.05, 3.63) is 42.5 Å². The summed E-state index contributed by atoms with van der Waals surface area (Å²) in [5, 5.41) is 7.72. The van der Waals surface area contributed by atoms with E-state index in [1.54, 1.807) is 0 Å². The minimum Gasteiger partial charge on any atom is -0.344 e. The summed E-state index contributed by atoms with van der Waals surface area (Å²) in [5.74, 6) is -0.209. The minimum atomic E-state index is -0.404. The Morgan fingerprint density at radius 3 is 2.68 bits per heavy atom. The lowest BCUT2D eigenvalue weighted by molar-refractivity contribution is -0.122. The van der Waals surface area contributed by atoms with Crippen molar-refractivity contribution in [1.29, 1.82) is 0 Å². The van der Waals surface area contributed by atoms with E-state index in [4.69, 9.17) is 0 Å². The molecule has 0 spiro atoms. The molecule has 96 valence electrons. The second kappa shape index (κ2) is 4.72. The van der Waals surface area contributed by atoms with Crippen molar-refractivity contribution in [2.75, 3.05) is 5.32 Å². The first-order chi connectivity index (χ1) is 9.22. The highest BCUT2D eigenvalue weighted by atomic mass is 16.2. The number of fused-ring (bicyclic) bond motifs is 1. The van der Waals surface area contributed by atoms with Crippen LogP contribution in [-0.2, 0) is 9.59 Å². The SMILES string of the molecule is O=C1CC[C@H](C(=O)Nc2ccc3ccccc3c2)N1. The second-order valence-corrected chi connectivity index (χ2v) is 4.71. The zero-order valence-electron chi connectivity index (χ0n) is 10.3. The molecule has 0 radical (unpaired) electrons. The highest BCUT2D eigenvalue weighted by Gasteiger charge is 2.27. The Bertz CT molecular complexity index is 651. The maximum absolute atomic E-state index is 12.0. The monoisotopic (exact) mass is 254 g/mol. The van der Waals surface area contributed by atoms with Crippen LogP contribution in [0.5, 0.6) is 0 Å². The van der Waals surface area contributed by atoms with E-state index in [1.165, 1.54) is 0 Å². The van der Waals surface area contributed by atoms with Gasteiger partial charge in [0.2, 0.25) is 11.8 Å². The van der Waals surface area contributed by atoms with Gasteiger partial charge >= 0.3 is 0 Å².